The van der Waals surface area contributed by atoms with E-state index in [4.69, 9.17) is 0 Å². The maximum atomic E-state index is 11.5. The molecular formula is C15H17BrN2O2. The molecule has 2 amide bonds. The van der Waals surface area contributed by atoms with Crippen molar-refractivity contribution in [3.8, 4) is 0 Å². The highest BCUT2D eigenvalue weighted by Crippen LogP contribution is 2.45. The highest BCUT2D eigenvalue weighted by atomic mass is 79.9. The number of hydrogen-bond acceptors (Lipinski definition) is 3. The standard InChI is InChI=1S/C15H17BrN2O2/c16-12-3-1-11(2-4-12)15(7-8-15)17-9-10-18-13(19)5-6-14(18)20/h1-4,17H,5-10H2. The van der Waals surface area contributed by atoms with Crippen LogP contribution in [0, 0.1) is 0 Å². The molecule has 2 fully saturated rings. The molecule has 106 valence electrons. The Bertz CT molecular complexity index is 521. The first-order valence-corrected chi connectivity index (χ1v) is 7.74. The monoisotopic (exact) mass is 336 g/mol. The first kappa shape index (κ1) is 13.8. The number of carbonyl (C=O) groups is 2. The van der Waals surface area contributed by atoms with E-state index < -0.39 is 0 Å². The number of benzene rings is 1. The van der Waals surface area contributed by atoms with Gasteiger partial charge in [-0.15, -0.1) is 0 Å². The molecule has 0 atom stereocenters. The normalized spacial score (nSPS) is 20.6. The summed E-state index contributed by atoms with van der Waals surface area (Å²) >= 11 is 3.44. The quantitative estimate of drug-likeness (QED) is 0.838. The summed E-state index contributed by atoms with van der Waals surface area (Å²) in [7, 11) is 0. The second-order valence-electron chi connectivity index (χ2n) is 5.45. The number of amides is 2. The number of hydrogen-bond donors (Lipinski definition) is 1. The van der Waals surface area contributed by atoms with Gasteiger partial charge in [0.1, 0.15) is 0 Å². The summed E-state index contributed by atoms with van der Waals surface area (Å²) in [5.74, 6) is -0.0735. The summed E-state index contributed by atoms with van der Waals surface area (Å²) < 4.78 is 1.07. The number of halogens is 1. The van der Waals surface area contributed by atoms with Gasteiger partial charge in [-0.2, -0.15) is 0 Å². The molecule has 3 rings (SSSR count). The number of rotatable bonds is 5. The molecule has 1 aliphatic carbocycles. The summed E-state index contributed by atoms with van der Waals surface area (Å²) in [5.41, 5.74) is 1.33. The van der Waals surface area contributed by atoms with Gasteiger partial charge >= 0.3 is 0 Å². The second kappa shape index (κ2) is 5.30. The zero-order valence-electron chi connectivity index (χ0n) is 11.2. The molecule has 1 N–H and O–H groups in total. The van der Waals surface area contributed by atoms with E-state index in [9.17, 15) is 9.59 Å². The fourth-order valence-corrected chi connectivity index (χ4v) is 3.01. The lowest BCUT2D eigenvalue weighted by molar-refractivity contribution is -0.138. The van der Waals surface area contributed by atoms with E-state index in [2.05, 4.69) is 33.4 Å². The fraction of sp³-hybridized carbons (Fsp3) is 0.467. The number of carbonyl (C=O) groups excluding carboxylic acids is 2. The second-order valence-corrected chi connectivity index (χ2v) is 6.37. The highest BCUT2D eigenvalue weighted by molar-refractivity contribution is 9.10. The largest absolute Gasteiger partial charge is 0.306 e. The molecule has 0 unspecified atom stereocenters. The predicted octanol–water partition coefficient (Wildman–Crippen LogP) is 2.18. The van der Waals surface area contributed by atoms with Gasteiger partial charge in [0.05, 0.1) is 0 Å². The Morgan fingerprint density at radius 2 is 1.70 bits per heavy atom. The van der Waals surface area contributed by atoms with E-state index in [0.717, 1.165) is 17.3 Å². The predicted molar refractivity (Wildman–Crippen MR) is 79.0 cm³/mol. The third-order valence-electron chi connectivity index (χ3n) is 4.10. The molecule has 5 heteroatoms. The molecule has 0 spiro atoms. The summed E-state index contributed by atoms with van der Waals surface area (Å²) in [6, 6.07) is 8.34. The molecule has 1 saturated carbocycles. The summed E-state index contributed by atoms with van der Waals surface area (Å²) in [6.07, 6.45) is 2.96. The van der Waals surface area contributed by atoms with Gasteiger partial charge in [-0.05, 0) is 30.5 Å². The van der Waals surface area contributed by atoms with Crippen LogP contribution in [0.2, 0.25) is 0 Å². The van der Waals surface area contributed by atoms with Crippen LogP contribution in [-0.2, 0) is 15.1 Å². The zero-order chi connectivity index (χ0) is 14.2. The van der Waals surface area contributed by atoms with E-state index in [1.165, 1.54) is 10.5 Å². The fourth-order valence-electron chi connectivity index (χ4n) is 2.74. The molecule has 1 aromatic rings. The SMILES string of the molecule is O=C1CCC(=O)N1CCNC1(c2ccc(Br)cc2)CC1. The minimum Gasteiger partial charge on any atom is -0.306 e. The van der Waals surface area contributed by atoms with Gasteiger partial charge in [0.2, 0.25) is 11.8 Å². The first-order chi connectivity index (χ1) is 9.61. The Morgan fingerprint density at radius 3 is 2.25 bits per heavy atom. The van der Waals surface area contributed by atoms with Gasteiger partial charge in [-0.3, -0.25) is 14.5 Å². The molecule has 0 radical (unpaired) electrons. The maximum absolute atomic E-state index is 11.5. The average molecular weight is 337 g/mol. The zero-order valence-corrected chi connectivity index (χ0v) is 12.8. The molecule has 1 aliphatic heterocycles. The van der Waals surface area contributed by atoms with Crippen LogP contribution in [0.1, 0.15) is 31.2 Å². The minimum atomic E-state index is -0.0368. The summed E-state index contributed by atoms with van der Waals surface area (Å²) in [5, 5.41) is 3.51. The lowest BCUT2D eigenvalue weighted by atomic mass is 10.1. The van der Waals surface area contributed by atoms with Gasteiger partial charge in [0, 0.05) is 35.9 Å². The molecule has 2 aliphatic rings. The van der Waals surface area contributed by atoms with Gasteiger partial charge in [0.15, 0.2) is 0 Å². The number of imide groups is 1. The van der Waals surface area contributed by atoms with Crippen molar-refractivity contribution in [1.82, 2.24) is 10.2 Å². The smallest absolute Gasteiger partial charge is 0.229 e. The molecule has 1 aromatic carbocycles. The Balaban J connectivity index is 1.57. The van der Waals surface area contributed by atoms with Crippen LogP contribution >= 0.6 is 15.9 Å². The molecule has 20 heavy (non-hydrogen) atoms. The van der Waals surface area contributed by atoms with Crippen molar-refractivity contribution < 1.29 is 9.59 Å². The Hall–Kier alpha value is -1.20. The van der Waals surface area contributed by atoms with E-state index in [1.807, 2.05) is 12.1 Å². The summed E-state index contributed by atoms with van der Waals surface area (Å²) in [4.78, 5) is 24.5. The molecule has 4 nitrogen and oxygen atoms in total. The highest BCUT2D eigenvalue weighted by Gasteiger charge is 2.43. The first-order valence-electron chi connectivity index (χ1n) is 6.95. The molecule has 1 saturated heterocycles. The third kappa shape index (κ3) is 2.65. The van der Waals surface area contributed by atoms with Crippen LogP contribution in [0.5, 0.6) is 0 Å². The Kier molecular flexibility index (Phi) is 3.65. The lowest BCUT2D eigenvalue weighted by Crippen LogP contribution is -2.39. The minimum absolute atomic E-state index is 0.0368. The van der Waals surface area contributed by atoms with Crippen molar-refractivity contribution in [2.24, 2.45) is 0 Å². The molecular weight excluding hydrogens is 320 g/mol. The molecule has 1 heterocycles. The van der Waals surface area contributed by atoms with E-state index in [1.54, 1.807) is 0 Å². The number of likely N-dealkylation sites (tertiary alicyclic amines) is 1. The Morgan fingerprint density at radius 1 is 1.10 bits per heavy atom. The third-order valence-corrected chi connectivity index (χ3v) is 4.63. The van der Waals surface area contributed by atoms with Crippen LogP contribution in [-0.4, -0.2) is 29.8 Å². The number of nitrogens with zero attached hydrogens (tertiary/aromatic N) is 1. The van der Waals surface area contributed by atoms with E-state index >= 15 is 0 Å². The van der Waals surface area contributed by atoms with Gasteiger partial charge in [-0.1, -0.05) is 28.1 Å². The van der Waals surface area contributed by atoms with Crippen molar-refractivity contribution in [3.05, 3.63) is 34.3 Å². The molecule has 0 bridgehead atoms. The Labute approximate surface area is 126 Å². The van der Waals surface area contributed by atoms with Gasteiger partial charge in [-0.25, -0.2) is 0 Å². The van der Waals surface area contributed by atoms with Crippen LogP contribution in [0.3, 0.4) is 0 Å². The van der Waals surface area contributed by atoms with Gasteiger partial charge in [0.25, 0.3) is 0 Å². The number of nitrogens with one attached hydrogen (secondary N) is 1. The summed E-state index contributed by atoms with van der Waals surface area (Å²) in [6.45, 7) is 1.14. The van der Waals surface area contributed by atoms with Crippen LogP contribution in [0.25, 0.3) is 0 Å². The van der Waals surface area contributed by atoms with Crippen molar-refractivity contribution >= 4 is 27.7 Å². The van der Waals surface area contributed by atoms with Gasteiger partial charge < -0.3 is 5.32 Å². The van der Waals surface area contributed by atoms with Crippen LogP contribution in [0.15, 0.2) is 28.7 Å². The van der Waals surface area contributed by atoms with Crippen molar-refractivity contribution in [1.29, 1.82) is 0 Å². The van der Waals surface area contributed by atoms with E-state index in [0.29, 0.717) is 25.9 Å². The maximum Gasteiger partial charge on any atom is 0.229 e. The van der Waals surface area contributed by atoms with Crippen LogP contribution in [0.4, 0.5) is 0 Å². The lowest BCUT2D eigenvalue weighted by Gasteiger charge is -2.20. The van der Waals surface area contributed by atoms with Crippen LogP contribution < -0.4 is 5.32 Å². The average Bonchev–Trinajstić information content (AvgIpc) is 3.16. The van der Waals surface area contributed by atoms with Crippen molar-refractivity contribution in [2.45, 2.75) is 31.2 Å². The van der Waals surface area contributed by atoms with E-state index in [-0.39, 0.29) is 17.4 Å². The molecule has 0 aromatic heterocycles. The topological polar surface area (TPSA) is 49.4 Å². The van der Waals surface area contributed by atoms with Crippen molar-refractivity contribution in [3.63, 3.8) is 0 Å². The van der Waals surface area contributed by atoms with Crippen molar-refractivity contribution in [2.75, 3.05) is 13.1 Å².